The van der Waals surface area contributed by atoms with Gasteiger partial charge in [0.2, 0.25) is 5.91 Å². The number of thiophene rings is 1. The first-order valence-corrected chi connectivity index (χ1v) is 13.2. The van der Waals surface area contributed by atoms with Crippen molar-refractivity contribution >= 4 is 34.5 Å². The monoisotopic (exact) mass is 458 g/mol. The maximum Gasteiger partial charge on any atom is 0.350 e. The lowest BCUT2D eigenvalue weighted by molar-refractivity contribution is -0.124. The molecule has 5 nitrogen and oxygen atoms in total. The third-order valence-corrected chi connectivity index (χ3v) is 8.79. The lowest BCUT2D eigenvalue weighted by Gasteiger charge is -2.40. The summed E-state index contributed by atoms with van der Waals surface area (Å²) in [7, 11) is 3.58. The van der Waals surface area contributed by atoms with Gasteiger partial charge in [-0.05, 0) is 102 Å². The van der Waals surface area contributed by atoms with Gasteiger partial charge in [0.25, 0.3) is 0 Å². The number of anilines is 1. The summed E-state index contributed by atoms with van der Waals surface area (Å²) in [5, 5.41) is 0. The minimum atomic E-state index is -0.323. The van der Waals surface area contributed by atoms with Crippen molar-refractivity contribution in [3.8, 4) is 0 Å². The average Bonchev–Trinajstić information content (AvgIpc) is 3.26. The molecule has 4 rings (SSSR count). The van der Waals surface area contributed by atoms with Crippen LogP contribution in [0.2, 0.25) is 0 Å². The Balaban J connectivity index is 1.72. The first kappa shape index (κ1) is 23.5. The van der Waals surface area contributed by atoms with Gasteiger partial charge < -0.3 is 14.5 Å². The number of methoxy groups -OCH3 is 1. The van der Waals surface area contributed by atoms with Crippen LogP contribution in [-0.2, 0) is 9.53 Å². The summed E-state index contributed by atoms with van der Waals surface area (Å²) in [6, 6.07) is 2.26. The average molecular weight is 459 g/mol. The molecule has 1 aliphatic heterocycles. The standard InChI is InChI=1S/C26H38N2O3S/c1-18-9-11-20(12-10-18)25(29)28(21-13-15-27(2)16-14-21)22-17-23(19-7-5-4-6-8-19)32-24(22)26(30)31-3/h7,17-18,20-21H,4-6,8-16H2,1-3H3/t18-,20-. The van der Waals surface area contributed by atoms with Crippen molar-refractivity contribution in [2.75, 3.05) is 32.1 Å². The van der Waals surface area contributed by atoms with E-state index in [0.717, 1.165) is 75.0 Å². The van der Waals surface area contributed by atoms with Crippen LogP contribution in [0.3, 0.4) is 0 Å². The number of rotatable bonds is 5. The molecule has 0 radical (unpaired) electrons. The van der Waals surface area contributed by atoms with Gasteiger partial charge in [-0.2, -0.15) is 0 Å². The molecule has 1 saturated carbocycles. The Morgan fingerprint density at radius 3 is 2.44 bits per heavy atom. The minimum Gasteiger partial charge on any atom is -0.465 e. The zero-order valence-electron chi connectivity index (χ0n) is 19.9. The molecule has 1 amide bonds. The molecule has 0 unspecified atom stereocenters. The summed E-state index contributed by atoms with van der Waals surface area (Å²) in [5.41, 5.74) is 2.11. The Morgan fingerprint density at radius 2 is 1.81 bits per heavy atom. The molecule has 6 heteroatoms. The Morgan fingerprint density at radius 1 is 1.09 bits per heavy atom. The Bertz CT molecular complexity index is 845. The maximum absolute atomic E-state index is 14.0. The van der Waals surface area contributed by atoms with E-state index in [2.05, 4.69) is 31.0 Å². The van der Waals surface area contributed by atoms with E-state index in [9.17, 15) is 9.59 Å². The lowest BCUT2D eigenvalue weighted by Crippen LogP contribution is -2.49. The van der Waals surface area contributed by atoms with Crippen molar-refractivity contribution in [2.45, 2.75) is 77.2 Å². The van der Waals surface area contributed by atoms with Gasteiger partial charge in [0, 0.05) is 16.8 Å². The van der Waals surface area contributed by atoms with Crippen molar-refractivity contribution in [1.29, 1.82) is 0 Å². The highest BCUT2D eigenvalue weighted by Gasteiger charge is 2.37. The van der Waals surface area contributed by atoms with Crippen LogP contribution < -0.4 is 4.90 Å². The molecule has 0 atom stereocenters. The number of hydrogen-bond acceptors (Lipinski definition) is 5. The molecule has 2 heterocycles. The van der Waals surface area contributed by atoms with Gasteiger partial charge in [-0.25, -0.2) is 4.79 Å². The van der Waals surface area contributed by atoms with Crippen LogP contribution in [0.25, 0.3) is 5.57 Å². The third kappa shape index (κ3) is 5.12. The number of nitrogens with zero attached hydrogens (tertiary/aromatic N) is 2. The van der Waals surface area contributed by atoms with E-state index in [1.165, 1.54) is 36.9 Å². The van der Waals surface area contributed by atoms with Crippen molar-refractivity contribution in [1.82, 2.24) is 4.90 Å². The summed E-state index contributed by atoms with van der Waals surface area (Å²) >= 11 is 1.51. The normalized spacial score (nSPS) is 25.3. The molecule has 3 aliphatic rings. The molecule has 0 bridgehead atoms. The highest BCUT2D eigenvalue weighted by atomic mass is 32.1. The number of esters is 1. The van der Waals surface area contributed by atoms with E-state index in [1.54, 1.807) is 0 Å². The van der Waals surface area contributed by atoms with Crippen molar-refractivity contribution in [2.24, 2.45) is 11.8 Å². The van der Waals surface area contributed by atoms with Gasteiger partial charge in [-0.3, -0.25) is 4.79 Å². The molecule has 32 heavy (non-hydrogen) atoms. The highest BCUT2D eigenvalue weighted by Crippen LogP contribution is 2.41. The predicted molar refractivity (Wildman–Crippen MR) is 131 cm³/mol. The summed E-state index contributed by atoms with van der Waals surface area (Å²) in [6.45, 7) is 4.24. The third-order valence-electron chi connectivity index (χ3n) is 7.61. The van der Waals surface area contributed by atoms with Gasteiger partial charge in [0.1, 0.15) is 4.88 Å². The lowest BCUT2D eigenvalue weighted by atomic mass is 9.82. The van der Waals surface area contributed by atoms with Gasteiger partial charge in [-0.1, -0.05) is 13.0 Å². The Kier molecular flexibility index (Phi) is 7.72. The van der Waals surface area contributed by atoms with E-state index < -0.39 is 0 Å². The summed E-state index contributed by atoms with van der Waals surface area (Å²) in [6.07, 6.45) is 12.9. The smallest absolute Gasteiger partial charge is 0.350 e. The molecular weight excluding hydrogens is 420 g/mol. The zero-order valence-corrected chi connectivity index (χ0v) is 20.7. The second kappa shape index (κ2) is 10.5. The zero-order chi connectivity index (χ0) is 22.7. The van der Waals surface area contributed by atoms with Crippen LogP contribution in [0.5, 0.6) is 0 Å². The number of piperidine rings is 1. The number of carbonyl (C=O) groups excluding carboxylic acids is 2. The van der Waals surface area contributed by atoms with Crippen molar-refractivity contribution in [3.63, 3.8) is 0 Å². The first-order valence-electron chi connectivity index (χ1n) is 12.4. The number of ether oxygens (including phenoxy) is 1. The predicted octanol–water partition coefficient (Wildman–Crippen LogP) is 5.75. The SMILES string of the molecule is COC(=O)c1sc(C2=CCCCC2)cc1N(C(=O)[C@H]1CC[C@H](C)CC1)C1CCN(C)CC1. The first-order chi connectivity index (χ1) is 15.5. The summed E-state index contributed by atoms with van der Waals surface area (Å²) in [5.74, 6) is 0.662. The fraction of sp³-hybridized carbons (Fsp3) is 0.692. The van der Waals surface area contributed by atoms with Crippen molar-refractivity contribution < 1.29 is 14.3 Å². The fourth-order valence-electron chi connectivity index (χ4n) is 5.47. The molecule has 0 aromatic carbocycles. The number of allylic oxidation sites excluding steroid dienone is 2. The Hall–Kier alpha value is -1.66. The number of carbonyl (C=O) groups is 2. The molecule has 1 aromatic heterocycles. The number of likely N-dealkylation sites (tertiary alicyclic amines) is 1. The van der Waals surface area contributed by atoms with Crippen LogP contribution >= 0.6 is 11.3 Å². The highest BCUT2D eigenvalue weighted by molar-refractivity contribution is 7.15. The largest absolute Gasteiger partial charge is 0.465 e. The van der Waals surface area contributed by atoms with Gasteiger partial charge in [0.15, 0.2) is 0 Å². The molecule has 2 aliphatic carbocycles. The van der Waals surface area contributed by atoms with E-state index in [0.29, 0.717) is 10.8 Å². The summed E-state index contributed by atoms with van der Waals surface area (Å²) in [4.78, 5) is 32.9. The molecule has 2 fully saturated rings. The quantitative estimate of drug-likeness (QED) is 0.528. The molecule has 176 valence electrons. The van der Waals surface area contributed by atoms with Gasteiger partial charge in [0.05, 0.1) is 12.8 Å². The maximum atomic E-state index is 14.0. The second-order valence-electron chi connectivity index (χ2n) is 9.99. The van der Waals surface area contributed by atoms with Crippen LogP contribution in [0.4, 0.5) is 5.69 Å². The minimum absolute atomic E-state index is 0.0635. The van der Waals surface area contributed by atoms with Gasteiger partial charge in [-0.15, -0.1) is 11.3 Å². The van der Waals surface area contributed by atoms with Crippen LogP contribution in [0.1, 0.15) is 85.7 Å². The van der Waals surface area contributed by atoms with Crippen LogP contribution in [0.15, 0.2) is 12.1 Å². The number of hydrogen-bond donors (Lipinski definition) is 0. The van der Waals surface area contributed by atoms with Crippen molar-refractivity contribution in [3.05, 3.63) is 21.9 Å². The van der Waals surface area contributed by atoms with Gasteiger partial charge >= 0.3 is 5.97 Å². The Labute approximate surface area is 196 Å². The molecule has 0 spiro atoms. The van der Waals surface area contributed by atoms with E-state index >= 15 is 0 Å². The second-order valence-corrected chi connectivity index (χ2v) is 11.0. The molecular formula is C26H38N2O3S. The molecule has 1 aromatic rings. The van der Waals surface area contributed by atoms with E-state index in [4.69, 9.17) is 4.74 Å². The van der Waals surface area contributed by atoms with Crippen LogP contribution in [0, 0.1) is 11.8 Å². The molecule has 0 N–H and O–H groups in total. The fourth-order valence-corrected chi connectivity index (χ4v) is 6.61. The topological polar surface area (TPSA) is 49.9 Å². The van der Waals surface area contributed by atoms with E-state index in [1.807, 2.05) is 4.90 Å². The molecule has 1 saturated heterocycles. The number of amides is 1. The van der Waals surface area contributed by atoms with Crippen LogP contribution in [-0.4, -0.2) is 50.1 Å². The summed E-state index contributed by atoms with van der Waals surface area (Å²) < 4.78 is 5.18. The van der Waals surface area contributed by atoms with E-state index in [-0.39, 0.29) is 23.8 Å².